The molecule has 136 valence electrons. The van der Waals surface area contributed by atoms with Crippen molar-refractivity contribution >= 4 is 16.9 Å². The molecule has 6 nitrogen and oxygen atoms in total. The largest absolute Gasteiger partial charge is 0.490 e. The van der Waals surface area contributed by atoms with E-state index in [0.29, 0.717) is 13.2 Å². The number of aryl methyl sites for hydroxylation is 1. The van der Waals surface area contributed by atoms with Crippen molar-refractivity contribution in [2.45, 2.75) is 13.3 Å². The third kappa shape index (κ3) is 4.53. The second-order valence-electron chi connectivity index (χ2n) is 6.02. The van der Waals surface area contributed by atoms with Crippen LogP contribution < -0.4 is 15.4 Å². The van der Waals surface area contributed by atoms with Crippen molar-refractivity contribution in [3.05, 3.63) is 60.0 Å². The van der Waals surface area contributed by atoms with Gasteiger partial charge in [0.1, 0.15) is 12.4 Å². The highest BCUT2D eigenvalue weighted by atomic mass is 16.5. The number of aromatic amines is 1. The van der Waals surface area contributed by atoms with Crippen LogP contribution in [-0.2, 0) is 6.42 Å². The van der Waals surface area contributed by atoms with E-state index in [4.69, 9.17) is 4.74 Å². The summed E-state index contributed by atoms with van der Waals surface area (Å²) in [6.07, 6.45) is 6.45. The number of ether oxygens (including phenoxy) is 1. The van der Waals surface area contributed by atoms with E-state index in [1.165, 1.54) is 22.0 Å². The Balaban J connectivity index is 1.42. The predicted octanol–water partition coefficient (Wildman–Crippen LogP) is 2.66. The molecule has 2 aromatic heterocycles. The topological polar surface area (TPSA) is 74.3 Å². The maximum absolute atomic E-state index is 5.61. The third-order valence-electron chi connectivity index (χ3n) is 4.22. The minimum absolute atomic E-state index is 0.550. The Morgan fingerprint density at radius 2 is 2.08 bits per heavy atom. The third-order valence-corrected chi connectivity index (χ3v) is 4.22. The molecular formula is C20H25N5O. The van der Waals surface area contributed by atoms with Gasteiger partial charge in [-0.05, 0) is 36.6 Å². The Kier molecular flexibility index (Phi) is 6.09. The number of pyridine rings is 1. The van der Waals surface area contributed by atoms with Crippen LogP contribution in [0.15, 0.2) is 53.9 Å². The molecule has 2 heterocycles. The van der Waals surface area contributed by atoms with Crippen LogP contribution >= 0.6 is 0 Å². The van der Waals surface area contributed by atoms with Crippen molar-refractivity contribution < 1.29 is 4.74 Å². The molecule has 3 rings (SSSR count). The zero-order chi connectivity index (χ0) is 18.2. The van der Waals surface area contributed by atoms with E-state index in [9.17, 15) is 0 Å². The maximum Gasteiger partial charge on any atom is 0.191 e. The summed E-state index contributed by atoms with van der Waals surface area (Å²) >= 11 is 0. The molecule has 0 aliphatic carbocycles. The minimum atomic E-state index is 0.550. The number of fused-ring (bicyclic) bond motifs is 1. The molecule has 3 N–H and O–H groups in total. The average Bonchev–Trinajstić information content (AvgIpc) is 3.09. The fraction of sp³-hybridized carbons (Fsp3) is 0.300. The summed E-state index contributed by atoms with van der Waals surface area (Å²) in [5.41, 5.74) is 3.80. The van der Waals surface area contributed by atoms with Gasteiger partial charge in [-0.25, -0.2) is 0 Å². The molecule has 6 heteroatoms. The molecule has 0 radical (unpaired) electrons. The molecule has 26 heavy (non-hydrogen) atoms. The van der Waals surface area contributed by atoms with Crippen molar-refractivity contribution in [1.29, 1.82) is 0 Å². The van der Waals surface area contributed by atoms with Crippen LogP contribution in [0, 0.1) is 6.92 Å². The van der Waals surface area contributed by atoms with Crippen molar-refractivity contribution in [3.63, 3.8) is 0 Å². The highest BCUT2D eigenvalue weighted by Gasteiger charge is 2.05. The molecule has 0 spiro atoms. The van der Waals surface area contributed by atoms with Crippen LogP contribution in [-0.4, -0.2) is 42.7 Å². The Morgan fingerprint density at radius 1 is 1.19 bits per heavy atom. The van der Waals surface area contributed by atoms with Gasteiger partial charge in [0.25, 0.3) is 0 Å². The first-order valence-corrected chi connectivity index (χ1v) is 8.81. The summed E-state index contributed by atoms with van der Waals surface area (Å²) in [7, 11) is 1.77. The second-order valence-corrected chi connectivity index (χ2v) is 6.02. The quantitative estimate of drug-likeness (QED) is 0.348. The number of hydrogen-bond donors (Lipinski definition) is 3. The lowest BCUT2D eigenvalue weighted by Crippen LogP contribution is -2.40. The molecule has 3 aromatic rings. The van der Waals surface area contributed by atoms with Crippen molar-refractivity contribution in [2.24, 2.45) is 4.99 Å². The van der Waals surface area contributed by atoms with Crippen molar-refractivity contribution in [1.82, 2.24) is 20.6 Å². The van der Waals surface area contributed by atoms with Crippen LogP contribution in [0.5, 0.6) is 5.75 Å². The standard InChI is InChI=1S/C20H25N5O/c1-15-5-3-7-18-16(13-25-19(15)18)8-10-23-20(21-2)24-11-12-26-17-6-4-9-22-14-17/h3-7,9,13-14,25H,8,10-12H2,1-2H3,(H2,21,23,24). The predicted molar refractivity (Wildman–Crippen MR) is 106 cm³/mol. The first-order valence-electron chi connectivity index (χ1n) is 8.81. The van der Waals surface area contributed by atoms with Gasteiger partial charge in [-0.2, -0.15) is 0 Å². The first-order chi connectivity index (χ1) is 12.8. The molecule has 0 amide bonds. The monoisotopic (exact) mass is 351 g/mol. The van der Waals surface area contributed by atoms with Gasteiger partial charge in [-0.1, -0.05) is 18.2 Å². The molecule has 0 saturated carbocycles. The average molecular weight is 351 g/mol. The molecule has 0 saturated heterocycles. The number of nitrogens with zero attached hydrogens (tertiary/aromatic N) is 2. The van der Waals surface area contributed by atoms with Gasteiger partial charge in [0.05, 0.1) is 12.7 Å². The fourth-order valence-corrected chi connectivity index (χ4v) is 2.88. The first kappa shape index (κ1) is 17.8. The highest BCUT2D eigenvalue weighted by molar-refractivity contribution is 5.86. The van der Waals surface area contributed by atoms with Crippen LogP contribution in [0.3, 0.4) is 0 Å². The Morgan fingerprint density at radius 3 is 2.88 bits per heavy atom. The number of nitrogens with one attached hydrogen (secondary N) is 3. The number of aromatic nitrogens is 2. The summed E-state index contributed by atoms with van der Waals surface area (Å²) in [5, 5.41) is 7.89. The summed E-state index contributed by atoms with van der Waals surface area (Å²) in [6, 6.07) is 10.1. The zero-order valence-corrected chi connectivity index (χ0v) is 15.2. The number of rotatable bonds is 7. The van der Waals surface area contributed by atoms with Gasteiger partial charge >= 0.3 is 0 Å². The van der Waals surface area contributed by atoms with Gasteiger partial charge in [-0.3, -0.25) is 9.98 Å². The van der Waals surface area contributed by atoms with Gasteiger partial charge in [-0.15, -0.1) is 0 Å². The second kappa shape index (κ2) is 8.89. The molecule has 0 fully saturated rings. The van der Waals surface area contributed by atoms with E-state index in [1.807, 2.05) is 12.1 Å². The van der Waals surface area contributed by atoms with E-state index < -0.39 is 0 Å². The van der Waals surface area contributed by atoms with Crippen LogP contribution in [0.25, 0.3) is 10.9 Å². The number of para-hydroxylation sites is 1. The van der Waals surface area contributed by atoms with E-state index in [0.717, 1.165) is 24.7 Å². The summed E-state index contributed by atoms with van der Waals surface area (Å²) in [6.45, 7) is 4.15. The lowest BCUT2D eigenvalue weighted by atomic mass is 10.1. The fourth-order valence-electron chi connectivity index (χ4n) is 2.88. The van der Waals surface area contributed by atoms with Gasteiger partial charge in [0, 0.05) is 36.9 Å². The molecule has 1 aromatic carbocycles. The number of H-pyrrole nitrogens is 1. The van der Waals surface area contributed by atoms with Crippen LogP contribution in [0.2, 0.25) is 0 Å². The lowest BCUT2D eigenvalue weighted by Gasteiger charge is -2.12. The number of hydrogen-bond acceptors (Lipinski definition) is 3. The summed E-state index contributed by atoms with van der Waals surface area (Å²) in [5.74, 6) is 1.54. The minimum Gasteiger partial charge on any atom is -0.490 e. The van der Waals surface area contributed by atoms with E-state index in [1.54, 1.807) is 19.4 Å². The van der Waals surface area contributed by atoms with Crippen LogP contribution in [0.4, 0.5) is 0 Å². The van der Waals surface area contributed by atoms with Gasteiger partial charge < -0.3 is 20.4 Å². The summed E-state index contributed by atoms with van der Waals surface area (Å²) < 4.78 is 5.61. The molecule has 0 unspecified atom stereocenters. The van der Waals surface area contributed by atoms with E-state index in [-0.39, 0.29) is 0 Å². The lowest BCUT2D eigenvalue weighted by molar-refractivity contribution is 0.320. The van der Waals surface area contributed by atoms with E-state index in [2.05, 4.69) is 56.9 Å². The SMILES string of the molecule is CN=C(NCCOc1cccnc1)NCCc1c[nH]c2c(C)cccc12. The Labute approximate surface area is 153 Å². The molecule has 0 aliphatic rings. The van der Waals surface area contributed by atoms with Crippen LogP contribution in [0.1, 0.15) is 11.1 Å². The Bertz CT molecular complexity index is 857. The maximum atomic E-state index is 5.61. The normalized spacial score (nSPS) is 11.5. The summed E-state index contributed by atoms with van der Waals surface area (Å²) in [4.78, 5) is 11.6. The molecule has 0 bridgehead atoms. The molecular weight excluding hydrogens is 326 g/mol. The smallest absolute Gasteiger partial charge is 0.191 e. The van der Waals surface area contributed by atoms with Crippen molar-refractivity contribution in [2.75, 3.05) is 26.7 Å². The highest BCUT2D eigenvalue weighted by Crippen LogP contribution is 2.21. The van der Waals surface area contributed by atoms with Gasteiger partial charge in [0.15, 0.2) is 5.96 Å². The number of benzene rings is 1. The molecule has 0 aliphatic heterocycles. The number of aliphatic imine (C=N–C) groups is 1. The molecule has 0 atom stereocenters. The van der Waals surface area contributed by atoms with Gasteiger partial charge in [0.2, 0.25) is 0 Å². The zero-order valence-electron chi connectivity index (χ0n) is 15.2. The van der Waals surface area contributed by atoms with E-state index >= 15 is 0 Å². The Hall–Kier alpha value is -3.02. The van der Waals surface area contributed by atoms with Crippen molar-refractivity contribution in [3.8, 4) is 5.75 Å². The number of guanidine groups is 1.